The van der Waals surface area contributed by atoms with Crippen molar-refractivity contribution in [2.45, 2.75) is 47.1 Å². The van der Waals surface area contributed by atoms with Gasteiger partial charge >= 0.3 is 0 Å². The molecule has 0 aromatic heterocycles. The molecule has 1 radical (unpaired) electrons. The van der Waals surface area contributed by atoms with Crippen LogP contribution in [0, 0.1) is 0 Å². The van der Waals surface area contributed by atoms with Crippen LogP contribution in [0.3, 0.4) is 0 Å². The van der Waals surface area contributed by atoms with Crippen LogP contribution in [0.15, 0.2) is 91.0 Å². The van der Waals surface area contributed by atoms with E-state index in [-0.39, 0.29) is 35.3 Å². The van der Waals surface area contributed by atoms with Gasteiger partial charge in [0.25, 0.3) is 0 Å². The maximum absolute atomic E-state index is 13.7. The van der Waals surface area contributed by atoms with Crippen LogP contribution in [0.2, 0.25) is 0 Å². The average molecular weight is 601 g/mol. The smallest absolute Gasteiger partial charge is 0.0543 e. The molecule has 4 heteroatoms. The Hall–Kier alpha value is -0.897. The van der Waals surface area contributed by atoms with Gasteiger partial charge in [-0.15, -0.1) is 0 Å². The van der Waals surface area contributed by atoms with E-state index in [0.717, 1.165) is 16.7 Å². The molecule has 3 rings (SSSR count). The van der Waals surface area contributed by atoms with E-state index < -0.39 is 5.60 Å². The Kier molecular flexibility index (Phi) is 19.7. The molecule has 0 spiro atoms. The molecule has 0 N–H and O–H groups in total. The predicted molar refractivity (Wildman–Crippen MR) is 159 cm³/mol. The van der Waals surface area contributed by atoms with Crippen LogP contribution >= 0.6 is 15.8 Å². The van der Waals surface area contributed by atoms with Crippen molar-refractivity contribution in [3.8, 4) is 0 Å². The van der Waals surface area contributed by atoms with Gasteiger partial charge in [-0.05, 0) is 79.7 Å². The first-order chi connectivity index (χ1) is 16.5. The molecule has 0 saturated carbocycles. The van der Waals surface area contributed by atoms with Crippen LogP contribution in [-0.2, 0) is 25.1 Å². The molecule has 0 unspecified atom stereocenters. The summed E-state index contributed by atoms with van der Waals surface area (Å²) in [5, 5.41) is 13.7. The Bertz CT molecular complexity index is 731. The monoisotopic (exact) mass is 600 g/mol. The molecule has 0 heterocycles. The number of hydrogen-bond acceptors (Lipinski definition) is 1. The van der Waals surface area contributed by atoms with Crippen LogP contribution in [0.4, 0.5) is 0 Å². The second-order valence-corrected chi connectivity index (χ2v) is 15.6. The molecule has 0 aliphatic carbocycles. The van der Waals surface area contributed by atoms with Crippen molar-refractivity contribution in [1.29, 1.82) is 0 Å². The molecule has 0 bridgehead atoms. The number of hydrogen-bond donors (Lipinski definition) is 0. The zero-order valence-electron chi connectivity index (χ0n) is 22.6. The van der Waals surface area contributed by atoms with E-state index >= 15 is 0 Å². The van der Waals surface area contributed by atoms with Gasteiger partial charge in [-0.3, -0.25) is 0 Å². The molecule has 0 saturated heterocycles. The fraction of sp³-hybridized carbons (Fsp3) is 0.419. The maximum Gasteiger partial charge on any atom is 0.0543 e. The van der Waals surface area contributed by atoms with Crippen molar-refractivity contribution < 1.29 is 24.6 Å². The van der Waals surface area contributed by atoms with Crippen LogP contribution in [0.5, 0.6) is 0 Å². The summed E-state index contributed by atoms with van der Waals surface area (Å²) >= 11 is 0. The Morgan fingerprint density at radius 2 is 0.657 bits per heavy atom. The molecule has 35 heavy (non-hydrogen) atoms. The molecule has 3 aromatic carbocycles. The van der Waals surface area contributed by atoms with Crippen LogP contribution < -0.4 is 5.11 Å². The van der Waals surface area contributed by atoms with E-state index in [4.69, 9.17) is 0 Å². The van der Waals surface area contributed by atoms with Gasteiger partial charge in [0.05, 0.1) is 37.0 Å². The summed E-state index contributed by atoms with van der Waals surface area (Å²) in [7, 11) is 0.275. The minimum atomic E-state index is -1.37. The molecule has 195 valence electrons. The van der Waals surface area contributed by atoms with Gasteiger partial charge in [0.1, 0.15) is 0 Å². The van der Waals surface area contributed by atoms with E-state index in [1.54, 1.807) is 0 Å². The molecule has 0 aliphatic heterocycles. The van der Waals surface area contributed by atoms with Crippen LogP contribution in [0.1, 0.15) is 58.2 Å². The Morgan fingerprint density at radius 3 is 0.800 bits per heavy atom. The summed E-state index contributed by atoms with van der Waals surface area (Å²) in [5.41, 5.74) is 0.913. The fourth-order valence-corrected chi connectivity index (χ4v) is 7.02. The molecule has 1 nitrogen and oxygen atoms in total. The van der Waals surface area contributed by atoms with Crippen molar-refractivity contribution in [3.63, 3.8) is 0 Å². The second kappa shape index (κ2) is 20.2. The van der Waals surface area contributed by atoms with E-state index in [0.29, 0.717) is 0 Å². The first kappa shape index (κ1) is 34.1. The summed E-state index contributed by atoms with van der Waals surface area (Å²) in [6.07, 6.45) is 8.74. The Morgan fingerprint density at radius 1 is 0.457 bits per heavy atom. The average Bonchev–Trinajstić information content (AvgIpc) is 2.92. The zero-order valence-corrected chi connectivity index (χ0v) is 26.3. The van der Waals surface area contributed by atoms with E-state index in [2.05, 4.69) is 41.5 Å². The van der Waals surface area contributed by atoms with E-state index in [1.807, 2.05) is 91.0 Å². The molecule has 0 amide bonds. The summed E-state index contributed by atoms with van der Waals surface area (Å²) < 4.78 is 0. The first-order valence-corrected chi connectivity index (χ1v) is 17.3. The summed E-state index contributed by atoms with van der Waals surface area (Å²) in [4.78, 5) is 0. The number of rotatable bonds is 9. The Labute approximate surface area is 231 Å². The van der Waals surface area contributed by atoms with Crippen molar-refractivity contribution in [1.82, 2.24) is 0 Å². The largest absolute Gasteiger partial charge is 0.839 e. The van der Waals surface area contributed by atoms with Gasteiger partial charge in [0.15, 0.2) is 0 Å². The molecule has 0 atom stereocenters. The van der Waals surface area contributed by atoms with Gasteiger partial charge in [-0.1, -0.05) is 91.0 Å². The van der Waals surface area contributed by atoms with Gasteiger partial charge in [0.2, 0.25) is 0 Å². The third-order valence-corrected chi connectivity index (χ3v) is 12.5. The second-order valence-electron chi connectivity index (χ2n) is 8.40. The predicted octanol–water partition coefficient (Wildman–Crippen LogP) is 7.86. The maximum atomic E-state index is 13.7. The van der Waals surface area contributed by atoms with Crippen molar-refractivity contribution >= 4 is 15.8 Å². The normalized spacial score (nSPS) is 10.5. The quantitative estimate of drug-likeness (QED) is 0.139. The molecule has 3 aromatic rings. The molecule has 0 fully saturated rings. The SMILES string of the molecule is CC[PH+](CC)CC.CC[PH+](CC)CC.[O-]C(c1ccccc1)(c1ccccc1)c1ccccc1.[Rh]. The molecular formula is C31H47OP2Rh+. The van der Waals surface area contributed by atoms with Gasteiger partial charge in [-0.25, -0.2) is 0 Å². The third-order valence-electron chi connectivity index (χ3n) is 6.54. The Balaban J connectivity index is 0.000000644. The molecule has 0 aliphatic rings. The number of benzene rings is 3. The van der Waals surface area contributed by atoms with Gasteiger partial charge < -0.3 is 5.11 Å². The summed E-state index contributed by atoms with van der Waals surface area (Å²) in [6.45, 7) is 13.8. The summed E-state index contributed by atoms with van der Waals surface area (Å²) in [5.74, 6) is 0. The van der Waals surface area contributed by atoms with Crippen LogP contribution in [0.25, 0.3) is 0 Å². The molecular weight excluding hydrogens is 553 g/mol. The topological polar surface area (TPSA) is 23.1 Å². The van der Waals surface area contributed by atoms with Crippen molar-refractivity contribution in [3.05, 3.63) is 108 Å². The fourth-order valence-electron chi connectivity index (χ4n) is 4.02. The third kappa shape index (κ3) is 11.4. The van der Waals surface area contributed by atoms with E-state index in [1.165, 1.54) is 37.0 Å². The van der Waals surface area contributed by atoms with Gasteiger partial charge in [0, 0.05) is 19.5 Å². The minimum Gasteiger partial charge on any atom is -0.839 e. The minimum absolute atomic E-state index is 0. The standard InChI is InChI=1S/C19H15O.2C6H15P.Rh/c20-19(16-10-4-1-5-11-16,17-12-6-2-7-13-17)18-14-8-3-9-15-18;2*1-4-7(5-2)6-3;/h1-15H;2*4-6H2,1-3H3;/q-1;;;/p+2. The first-order valence-electron chi connectivity index (χ1n) is 13.1. The van der Waals surface area contributed by atoms with Crippen LogP contribution in [-0.4, -0.2) is 37.0 Å². The van der Waals surface area contributed by atoms with E-state index in [9.17, 15) is 5.11 Å². The zero-order chi connectivity index (χ0) is 25.2. The summed E-state index contributed by atoms with van der Waals surface area (Å²) in [6, 6.07) is 28.6. The van der Waals surface area contributed by atoms with Crippen molar-refractivity contribution in [2.75, 3.05) is 37.0 Å². The van der Waals surface area contributed by atoms with Crippen molar-refractivity contribution in [2.24, 2.45) is 0 Å². The van der Waals surface area contributed by atoms with Gasteiger partial charge in [-0.2, -0.15) is 0 Å².